The van der Waals surface area contributed by atoms with E-state index in [0.717, 1.165) is 25.7 Å². The summed E-state index contributed by atoms with van der Waals surface area (Å²) in [7, 11) is 3.36. The molecule has 0 aliphatic carbocycles. The first kappa shape index (κ1) is 20.1. The molecule has 0 saturated carbocycles. The summed E-state index contributed by atoms with van der Waals surface area (Å²) in [4.78, 5) is 22.5. The minimum absolute atomic E-state index is 0.317. The average molecular weight is 348 g/mol. The Morgan fingerprint density at radius 2 is 1.95 bits per heavy atom. The molecule has 0 amide bonds. The number of hydrogen-bond acceptors (Lipinski definition) is 4. The van der Waals surface area contributed by atoms with Crippen molar-refractivity contribution in [3.8, 4) is 0 Å². The Kier molecular flexibility index (Phi) is 12.3. The van der Waals surface area contributed by atoms with E-state index in [-0.39, 0.29) is 0 Å². The third-order valence-corrected chi connectivity index (χ3v) is 7.51. The summed E-state index contributed by atoms with van der Waals surface area (Å²) in [6.07, 6.45) is 7.97. The lowest BCUT2D eigenvalue weighted by molar-refractivity contribution is -0.119. The summed E-state index contributed by atoms with van der Waals surface area (Å²) >= 11 is 0. The van der Waals surface area contributed by atoms with Gasteiger partial charge in [0.05, 0.1) is 0 Å². The van der Waals surface area contributed by atoms with E-state index in [1.165, 1.54) is 19.3 Å². The third kappa shape index (κ3) is 11.6. The first-order valence-electron chi connectivity index (χ1n) is 9.12. The molecule has 0 N–H and O–H groups in total. The van der Waals surface area contributed by atoms with Crippen molar-refractivity contribution < 1.29 is 11.0 Å². The van der Waals surface area contributed by atoms with Crippen molar-refractivity contribution in [3.05, 3.63) is 0 Å². The van der Waals surface area contributed by atoms with E-state index in [1.807, 2.05) is 0 Å². The number of ketones is 1. The molecule has 1 atom stereocenters. The summed E-state index contributed by atoms with van der Waals surface area (Å²) in [5.41, 5.74) is 0.450. The van der Waals surface area contributed by atoms with Crippen molar-refractivity contribution >= 4 is 33.6 Å². The van der Waals surface area contributed by atoms with Gasteiger partial charge in [-0.1, -0.05) is 68.5 Å². The van der Waals surface area contributed by atoms with Crippen LogP contribution in [0.1, 0.15) is 86.9 Å². The number of hydrogen-bond donors (Lipinski definition) is 0. The lowest BCUT2D eigenvalue weighted by Crippen LogP contribution is -2.13. The van der Waals surface area contributed by atoms with E-state index in [4.69, 9.17) is 1.37 Å². The second-order valence-corrected chi connectivity index (χ2v) is 9.35. The predicted molar refractivity (Wildman–Crippen MR) is 102 cm³/mol. The molecule has 0 spiro atoms. The minimum atomic E-state index is -0.497. The van der Waals surface area contributed by atoms with E-state index < -0.39 is 6.26 Å². The van der Waals surface area contributed by atoms with E-state index in [1.54, 1.807) is 21.6 Å². The summed E-state index contributed by atoms with van der Waals surface area (Å²) in [6, 6.07) is 0. The molecule has 0 aromatic rings. The van der Waals surface area contributed by atoms with Crippen LogP contribution in [0.4, 0.5) is 0 Å². The van der Waals surface area contributed by atoms with Crippen LogP contribution in [-0.2, 0) is 9.59 Å². The van der Waals surface area contributed by atoms with Gasteiger partial charge >= 0.3 is 0 Å². The highest BCUT2D eigenvalue weighted by Crippen LogP contribution is 2.32. The van der Waals surface area contributed by atoms with E-state index in [9.17, 15) is 9.59 Å². The molecule has 4 heteroatoms. The standard InChI is InChI=1S/C18H34O2S2/c1-5-18(4,6-2)13-8-7-10-17(20)12-11-16(3)22-21-15-9-14-19/h14,16H,5-13,15H2,1-4H3/i14D. The molecule has 2 nitrogen and oxygen atoms in total. The van der Waals surface area contributed by atoms with Crippen LogP contribution in [0.15, 0.2) is 0 Å². The average Bonchev–Trinajstić information content (AvgIpc) is 2.53. The normalized spacial score (nSPS) is 13.7. The van der Waals surface area contributed by atoms with Crippen LogP contribution in [0.25, 0.3) is 0 Å². The first-order valence-corrected chi connectivity index (χ1v) is 11.0. The zero-order valence-electron chi connectivity index (χ0n) is 15.8. The van der Waals surface area contributed by atoms with Crippen LogP contribution in [0, 0.1) is 5.41 Å². The fraction of sp³-hybridized carbons (Fsp3) is 0.889. The van der Waals surface area contributed by atoms with Gasteiger partial charge in [0.2, 0.25) is 0 Å². The van der Waals surface area contributed by atoms with Crippen molar-refractivity contribution in [1.29, 1.82) is 0 Å². The van der Waals surface area contributed by atoms with Crippen LogP contribution in [0.2, 0.25) is 0 Å². The fourth-order valence-electron chi connectivity index (χ4n) is 2.26. The van der Waals surface area contributed by atoms with Gasteiger partial charge in [0.15, 0.2) is 0 Å². The maximum atomic E-state index is 11.9. The second kappa shape index (κ2) is 13.5. The summed E-state index contributed by atoms with van der Waals surface area (Å²) in [5.74, 6) is 1.08. The molecular formula is C18H34O2S2. The molecule has 0 aliphatic rings. The molecular weight excluding hydrogens is 312 g/mol. The molecule has 0 aromatic carbocycles. The van der Waals surface area contributed by atoms with Gasteiger partial charge in [-0.25, -0.2) is 0 Å². The van der Waals surface area contributed by atoms with Crippen molar-refractivity contribution in [2.75, 3.05) is 5.75 Å². The van der Waals surface area contributed by atoms with Gasteiger partial charge in [-0.15, -0.1) is 0 Å². The maximum absolute atomic E-state index is 11.9. The van der Waals surface area contributed by atoms with Crippen molar-refractivity contribution in [2.24, 2.45) is 5.41 Å². The predicted octanol–water partition coefficient (Wildman–Crippen LogP) is 6.08. The van der Waals surface area contributed by atoms with Crippen LogP contribution in [-0.4, -0.2) is 23.0 Å². The van der Waals surface area contributed by atoms with Gasteiger partial charge < -0.3 is 4.79 Å². The molecule has 0 fully saturated rings. The molecule has 1 unspecified atom stereocenters. The summed E-state index contributed by atoms with van der Waals surface area (Å²) in [5, 5.41) is 0.424. The quantitative estimate of drug-likeness (QED) is 0.204. The van der Waals surface area contributed by atoms with E-state index in [0.29, 0.717) is 35.0 Å². The van der Waals surface area contributed by atoms with Crippen LogP contribution >= 0.6 is 21.6 Å². The summed E-state index contributed by atoms with van der Waals surface area (Å²) < 4.78 is 6.84. The number of rotatable bonds is 15. The minimum Gasteiger partial charge on any atom is -0.303 e. The molecule has 0 aromatic heterocycles. The molecule has 0 saturated heterocycles. The second-order valence-electron chi connectivity index (χ2n) is 6.43. The monoisotopic (exact) mass is 347 g/mol. The summed E-state index contributed by atoms with van der Waals surface area (Å²) in [6.45, 7) is 8.98. The smallest absolute Gasteiger partial charge is 0.132 e. The fourth-order valence-corrected chi connectivity index (χ4v) is 4.50. The van der Waals surface area contributed by atoms with Crippen molar-refractivity contribution in [3.63, 3.8) is 0 Å². The van der Waals surface area contributed by atoms with Gasteiger partial charge in [0.1, 0.15) is 13.4 Å². The molecule has 0 heterocycles. The molecule has 22 heavy (non-hydrogen) atoms. The van der Waals surface area contributed by atoms with Gasteiger partial charge in [-0.2, -0.15) is 0 Å². The Hall–Kier alpha value is 0.0400. The van der Waals surface area contributed by atoms with E-state index >= 15 is 0 Å². The number of carbonyl (C=O) groups is 2. The highest BCUT2D eigenvalue weighted by Gasteiger charge is 2.18. The highest BCUT2D eigenvalue weighted by atomic mass is 33.1. The highest BCUT2D eigenvalue weighted by molar-refractivity contribution is 8.76. The number of aldehydes is 1. The number of unbranched alkanes of at least 4 members (excludes halogenated alkanes) is 1. The number of Topliss-reactive ketones (excluding diaryl/α,β-unsaturated/α-hetero) is 1. The Morgan fingerprint density at radius 1 is 1.27 bits per heavy atom. The molecule has 130 valence electrons. The lowest BCUT2D eigenvalue weighted by atomic mass is 9.80. The van der Waals surface area contributed by atoms with Crippen molar-refractivity contribution in [1.82, 2.24) is 0 Å². The van der Waals surface area contributed by atoms with Gasteiger partial charge in [0, 0.05) is 30.3 Å². The Balaban J connectivity index is 3.65. The Bertz CT molecular complexity index is 344. The third-order valence-electron chi connectivity index (χ3n) is 4.54. The maximum Gasteiger partial charge on any atom is 0.132 e. The van der Waals surface area contributed by atoms with Crippen molar-refractivity contribution in [2.45, 2.75) is 90.7 Å². The van der Waals surface area contributed by atoms with E-state index in [2.05, 4.69) is 27.7 Å². The first-order chi connectivity index (χ1) is 10.8. The van der Waals surface area contributed by atoms with Crippen LogP contribution < -0.4 is 0 Å². The largest absolute Gasteiger partial charge is 0.303 e. The zero-order chi connectivity index (χ0) is 17.7. The van der Waals surface area contributed by atoms with Crippen LogP contribution in [0.5, 0.6) is 0 Å². The van der Waals surface area contributed by atoms with Gasteiger partial charge in [0.25, 0.3) is 0 Å². The molecule has 0 rings (SSSR count). The van der Waals surface area contributed by atoms with Gasteiger partial charge in [-0.05, 0) is 24.7 Å². The number of carbonyl (C=O) groups excluding carboxylic acids is 2. The molecule has 0 aliphatic heterocycles. The molecule has 0 radical (unpaired) electrons. The SMILES string of the molecule is [2H]C(=O)CCSSC(C)CCC(=O)CCCCC(C)(CC)CC. The topological polar surface area (TPSA) is 34.1 Å². The lowest BCUT2D eigenvalue weighted by Gasteiger charge is -2.26. The Labute approximate surface area is 146 Å². The van der Waals surface area contributed by atoms with Gasteiger partial charge in [-0.3, -0.25) is 4.79 Å². The molecule has 0 bridgehead atoms. The van der Waals surface area contributed by atoms with Crippen LogP contribution in [0.3, 0.4) is 0 Å². The Morgan fingerprint density at radius 3 is 2.55 bits per heavy atom. The zero-order valence-corrected chi connectivity index (χ0v) is 16.4.